The van der Waals surface area contributed by atoms with Gasteiger partial charge in [0.05, 0.1) is 35.1 Å². The number of nitrogens with one attached hydrogen (secondary N) is 3. The average molecular weight is 645 g/mol. The number of anilines is 1. The molecule has 3 aromatic carbocycles. The summed E-state index contributed by atoms with van der Waals surface area (Å²) in [5, 5.41) is 17.2. The summed E-state index contributed by atoms with van der Waals surface area (Å²) in [6.07, 6.45) is 5.45. The molecule has 45 heavy (non-hydrogen) atoms. The molecule has 1 amide bonds. The van der Waals surface area contributed by atoms with Gasteiger partial charge < -0.3 is 20.3 Å². The first-order valence-electron chi connectivity index (χ1n) is 14.5. The van der Waals surface area contributed by atoms with Crippen molar-refractivity contribution in [2.45, 2.75) is 49.9 Å². The summed E-state index contributed by atoms with van der Waals surface area (Å²) in [5.41, 5.74) is 4.75. The molecule has 2 heterocycles. The number of amides is 1. The van der Waals surface area contributed by atoms with Gasteiger partial charge in [-0.25, -0.2) is 13.4 Å². The van der Waals surface area contributed by atoms with Crippen LogP contribution < -0.4 is 15.4 Å². The van der Waals surface area contributed by atoms with Crippen LogP contribution in [0.1, 0.15) is 47.2 Å². The molecule has 4 N–H and O–H groups in total. The highest BCUT2D eigenvalue weighted by atomic mass is 32.2. The highest BCUT2D eigenvalue weighted by Gasteiger charge is 2.20. The van der Waals surface area contributed by atoms with Crippen LogP contribution in [0.15, 0.2) is 108 Å². The molecule has 234 valence electrons. The number of imidazole rings is 1. The Morgan fingerprint density at radius 1 is 1.04 bits per heavy atom. The van der Waals surface area contributed by atoms with Crippen LogP contribution in [-0.4, -0.2) is 46.1 Å². The van der Waals surface area contributed by atoms with E-state index in [1.54, 1.807) is 72.6 Å². The molecule has 10 nitrogen and oxygen atoms in total. The molecule has 2 aromatic heterocycles. The summed E-state index contributed by atoms with van der Waals surface area (Å²) in [6.45, 7) is 5.59. The molecule has 12 heteroatoms. The number of hydrogen-bond acceptors (Lipinski definition) is 8. The molecule has 5 rings (SSSR count). The van der Waals surface area contributed by atoms with E-state index >= 15 is 0 Å². The fraction of sp³-hybridized carbons (Fsp3) is 0.242. The Bertz CT molecular complexity index is 1810. The Balaban J connectivity index is 1.10. The van der Waals surface area contributed by atoms with E-state index in [0.29, 0.717) is 36.4 Å². The van der Waals surface area contributed by atoms with E-state index in [1.165, 1.54) is 23.5 Å². The van der Waals surface area contributed by atoms with Gasteiger partial charge in [-0.15, -0.1) is 11.3 Å². The second-order valence-corrected chi connectivity index (χ2v) is 14.0. The second-order valence-electron chi connectivity index (χ2n) is 11.3. The van der Waals surface area contributed by atoms with Crippen LogP contribution in [-0.2, 0) is 23.1 Å². The fourth-order valence-electron chi connectivity index (χ4n) is 4.63. The van der Waals surface area contributed by atoms with Gasteiger partial charge in [0.15, 0.2) is 0 Å². The van der Waals surface area contributed by atoms with Gasteiger partial charge in [-0.2, -0.15) is 0 Å². The van der Waals surface area contributed by atoms with Gasteiger partial charge in [-0.3, -0.25) is 14.5 Å². The lowest BCUT2D eigenvalue weighted by Crippen LogP contribution is -2.42. The van der Waals surface area contributed by atoms with Crippen LogP contribution in [0.4, 0.5) is 5.69 Å². The minimum absolute atomic E-state index is 0.138. The summed E-state index contributed by atoms with van der Waals surface area (Å²) in [4.78, 5) is 22.2. The summed E-state index contributed by atoms with van der Waals surface area (Å²) < 4.78 is 30.0. The molecule has 0 saturated carbocycles. The smallest absolute Gasteiger partial charge is 0.261 e. The fourth-order valence-corrected chi connectivity index (χ4v) is 6.24. The number of nitrogens with zero attached hydrogens (tertiary/aromatic N) is 3. The number of sulfonamides is 1. The quantitative estimate of drug-likeness (QED) is 0.130. The monoisotopic (exact) mass is 644 g/mol. The van der Waals surface area contributed by atoms with Crippen molar-refractivity contribution in [1.29, 1.82) is 0 Å². The van der Waals surface area contributed by atoms with Gasteiger partial charge in [0, 0.05) is 52.7 Å². The molecule has 0 fully saturated rings. The Morgan fingerprint density at radius 3 is 2.56 bits per heavy atom. The maximum atomic E-state index is 12.7. The molecule has 1 atom stereocenters. The molecule has 0 bridgehead atoms. The molecule has 0 aliphatic heterocycles. The molecule has 0 radical (unpaired) electrons. The van der Waals surface area contributed by atoms with Crippen LogP contribution in [0, 0.1) is 0 Å². The summed E-state index contributed by atoms with van der Waals surface area (Å²) in [5.74, 6) is -0.138. The van der Waals surface area contributed by atoms with Gasteiger partial charge >= 0.3 is 0 Å². The maximum Gasteiger partial charge on any atom is 0.261 e. The third-order valence-electron chi connectivity index (χ3n) is 7.33. The van der Waals surface area contributed by atoms with Gasteiger partial charge in [0.25, 0.3) is 15.9 Å². The normalized spacial score (nSPS) is 12.5. The zero-order chi connectivity index (χ0) is 31.9. The Kier molecular flexibility index (Phi) is 10.1. The Hall–Kier alpha value is -4.36. The van der Waals surface area contributed by atoms with Crippen LogP contribution >= 0.6 is 11.3 Å². The van der Waals surface area contributed by atoms with Crippen molar-refractivity contribution in [3.05, 3.63) is 119 Å². The van der Waals surface area contributed by atoms with Gasteiger partial charge in [0.2, 0.25) is 0 Å². The van der Waals surface area contributed by atoms with E-state index in [9.17, 15) is 18.3 Å². The van der Waals surface area contributed by atoms with E-state index in [0.717, 1.165) is 22.6 Å². The van der Waals surface area contributed by atoms with Crippen LogP contribution in [0.5, 0.6) is 0 Å². The SMILES string of the molecule is CC(C)(CCn1cnc(-c2ccc(C(=O)NCc3cncs3)cc2)c1)NC[C@H](O)c1cccc(NS(=O)(=O)c2ccccc2)c1. The molecule has 0 spiro atoms. The van der Waals surface area contributed by atoms with E-state index in [2.05, 4.69) is 39.2 Å². The molecule has 5 aromatic rings. The first-order chi connectivity index (χ1) is 21.6. The number of thiazole rings is 1. The zero-order valence-corrected chi connectivity index (χ0v) is 26.7. The number of benzene rings is 3. The largest absolute Gasteiger partial charge is 0.387 e. The van der Waals surface area contributed by atoms with Gasteiger partial charge in [-0.1, -0.05) is 42.5 Å². The number of aliphatic hydroxyl groups is 1. The lowest BCUT2D eigenvalue weighted by atomic mass is 9.99. The van der Waals surface area contributed by atoms with Crippen LogP contribution in [0.3, 0.4) is 0 Å². The molecular formula is C33H36N6O4S2. The highest BCUT2D eigenvalue weighted by Crippen LogP contribution is 2.22. The van der Waals surface area contributed by atoms with Gasteiger partial charge in [0.1, 0.15) is 0 Å². The molecule has 0 aliphatic carbocycles. The Morgan fingerprint density at radius 2 is 1.82 bits per heavy atom. The summed E-state index contributed by atoms with van der Waals surface area (Å²) >= 11 is 1.50. The molecule has 0 aliphatic rings. The van der Waals surface area contributed by atoms with Crippen molar-refractivity contribution < 1.29 is 18.3 Å². The molecule has 0 unspecified atom stereocenters. The average Bonchev–Trinajstić information content (AvgIpc) is 3.75. The lowest BCUT2D eigenvalue weighted by Gasteiger charge is -2.28. The summed E-state index contributed by atoms with van der Waals surface area (Å²) in [6, 6.07) is 22.3. The van der Waals surface area contributed by atoms with Crippen molar-refractivity contribution in [3.63, 3.8) is 0 Å². The third-order valence-corrected chi connectivity index (χ3v) is 9.51. The number of rotatable bonds is 14. The maximum absolute atomic E-state index is 12.7. The summed E-state index contributed by atoms with van der Waals surface area (Å²) in [7, 11) is -3.73. The second kappa shape index (κ2) is 14.2. The van der Waals surface area contributed by atoms with Crippen molar-refractivity contribution in [3.8, 4) is 11.3 Å². The number of aromatic nitrogens is 3. The number of β-amino-alcohol motifs (C(OH)–C–C–N with tert-alkyl or cyclic N) is 1. The van der Waals surface area contributed by atoms with Crippen molar-refractivity contribution in [2.75, 3.05) is 11.3 Å². The number of carbonyl (C=O) groups is 1. The number of aryl methyl sites for hydroxylation is 1. The van der Waals surface area contributed by atoms with E-state index < -0.39 is 16.1 Å². The number of aliphatic hydroxyl groups excluding tert-OH is 1. The molecular weight excluding hydrogens is 609 g/mol. The Labute approximate surface area is 267 Å². The third kappa shape index (κ3) is 8.85. The van der Waals surface area contributed by atoms with Crippen molar-refractivity contribution in [1.82, 2.24) is 25.2 Å². The van der Waals surface area contributed by atoms with E-state index in [-0.39, 0.29) is 16.3 Å². The minimum Gasteiger partial charge on any atom is -0.387 e. The van der Waals surface area contributed by atoms with Crippen LogP contribution in [0.2, 0.25) is 0 Å². The van der Waals surface area contributed by atoms with Crippen molar-refractivity contribution >= 4 is 33.0 Å². The van der Waals surface area contributed by atoms with Crippen LogP contribution in [0.25, 0.3) is 11.3 Å². The van der Waals surface area contributed by atoms with E-state index in [1.807, 2.05) is 22.9 Å². The first-order valence-corrected chi connectivity index (χ1v) is 16.8. The lowest BCUT2D eigenvalue weighted by molar-refractivity contribution is 0.0951. The number of hydrogen-bond donors (Lipinski definition) is 4. The van der Waals surface area contributed by atoms with Crippen molar-refractivity contribution in [2.24, 2.45) is 0 Å². The standard InChI is InChI=1S/C33H36N6O4S2/c1-33(2,37-20-31(40)26-7-6-8-27(17-26)38-45(42,43)29-9-4-3-5-10-29)15-16-39-21-30(36-22-39)24-11-13-25(14-12-24)32(41)35-19-28-18-34-23-44-28/h3-14,17-18,21-23,31,37-38,40H,15-16,19-20H2,1-2H3,(H,35,41)/t31-/m0/s1. The first kappa shape index (κ1) is 32.0. The predicted octanol–water partition coefficient (Wildman–Crippen LogP) is 5.23. The molecule has 0 saturated heterocycles. The zero-order valence-electron chi connectivity index (χ0n) is 25.1. The number of carbonyl (C=O) groups excluding carboxylic acids is 1. The minimum atomic E-state index is -3.73. The predicted molar refractivity (Wildman–Crippen MR) is 176 cm³/mol. The highest BCUT2D eigenvalue weighted by molar-refractivity contribution is 7.92. The van der Waals surface area contributed by atoms with E-state index in [4.69, 9.17) is 0 Å². The topological polar surface area (TPSA) is 138 Å². The van der Waals surface area contributed by atoms with Gasteiger partial charge in [-0.05, 0) is 62.2 Å².